The summed E-state index contributed by atoms with van der Waals surface area (Å²) in [5.74, 6) is 1.01. The first-order chi connectivity index (χ1) is 15.9. The van der Waals surface area contributed by atoms with E-state index in [0.717, 1.165) is 0 Å². The normalized spacial score (nSPS) is 10.9. The maximum atomic E-state index is 12.6. The van der Waals surface area contributed by atoms with E-state index in [0.29, 0.717) is 57.2 Å². The molecule has 0 saturated heterocycles. The number of ether oxygens (including phenoxy) is 1. The van der Waals surface area contributed by atoms with Crippen molar-refractivity contribution in [2.45, 2.75) is 13.8 Å². The molecule has 2 aromatic heterocycles. The first-order valence-electron chi connectivity index (χ1n) is 10.3. The highest BCUT2D eigenvalue weighted by molar-refractivity contribution is 7.80. The Morgan fingerprint density at radius 3 is 2.82 bits per heavy atom. The zero-order valence-electron chi connectivity index (χ0n) is 18.0. The number of nitrogens with zero attached hydrogens (tertiary/aromatic N) is 2. The average Bonchev–Trinajstić information content (AvgIpc) is 3.23. The van der Waals surface area contributed by atoms with Crippen molar-refractivity contribution in [1.82, 2.24) is 15.3 Å². The molecule has 9 heteroatoms. The van der Waals surface area contributed by atoms with Crippen LogP contribution in [0, 0.1) is 5.92 Å². The minimum absolute atomic E-state index is 0.140. The lowest BCUT2D eigenvalue weighted by Gasteiger charge is -2.12. The lowest BCUT2D eigenvalue weighted by molar-refractivity contribution is 0.0977. The topological polar surface area (TPSA) is 89.3 Å². The number of pyridine rings is 1. The summed E-state index contributed by atoms with van der Waals surface area (Å²) in [7, 11) is 0. The summed E-state index contributed by atoms with van der Waals surface area (Å²) in [5.41, 5.74) is 2.68. The van der Waals surface area contributed by atoms with Gasteiger partial charge >= 0.3 is 0 Å². The molecule has 0 radical (unpaired) electrons. The van der Waals surface area contributed by atoms with Crippen LogP contribution in [0.15, 0.2) is 65.2 Å². The number of oxazole rings is 1. The van der Waals surface area contributed by atoms with Crippen LogP contribution in [0.1, 0.15) is 24.2 Å². The third-order valence-electron chi connectivity index (χ3n) is 4.53. The fourth-order valence-corrected chi connectivity index (χ4v) is 3.39. The summed E-state index contributed by atoms with van der Waals surface area (Å²) in [6.45, 7) is 4.69. The molecule has 0 spiro atoms. The van der Waals surface area contributed by atoms with Crippen molar-refractivity contribution in [3.8, 4) is 17.2 Å². The number of carbonyl (C=O) groups is 1. The van der Waals surface area contributed by atoms with Crippen molar-refractivity contribution in [3.63, 3.8) is 0 Å². The Labute approximate surface area is 201 Å². The van der Waals surface area contributed by atoms with Gasteiger partial charge in [-0.3, -0.25) is 10.1 Å². The fourth-order valence-electron chi connectivity index (χ4n) is 2.98. The lowest BCUT2D eigenvalue weighted by Crippen LogP contribution is -2.34. The van der Waals surface area contributed by atoms with Gasteiger partial charge in [-0.05, 0) is 66.7 Å². The van der Waals surface area contributed by atoms with Crippen molar-refractivity contribution >= 4 is 51.8 Å². The first-order valence-corrected chi connectivity index (χ1v) is 11.0. The molecule has 4 aromatic rings. The van der Waals surface area contributed by atoms with Crippen LogP contribution in [-0.4, -0.2) is 27.6 Å². The predicted molar refractivity (Wildman–Crippen MR) is 133 cm³/mol. The lowest BCUT2D eigenvalue weighted by atomic mass is 10.2. The van der Waals surface area contributed by atoms with Gasteiger partial charge < -0.3 is 14.5 Å². The zero-order valence-corrected chi connectivity index (χ0v) is 19.5. The van der Waals surface area contributed by atoms with Crippen LogP contribution in [0.2, 0.25) is 5.02 Å². The number of hydrogen-bond donors (Lipinski definition) is 2. The van der Waals surface area contributed by atoms with Gasteiger partial charge in [-0.15, -0.1) is 0 Å². The van der Waals surface area contributed by atoms with E-state index in [9.17, 15) is 4.79 Å². The smallest absolute Gasteiger partial charge is 0.257 e. The Hall–Kier alpha value is -3.49. The third-order valence-corrected chi connectivity index (χ3v) is 5.06. The number of rotatable bonds is 6. The molecule has 0 bridgehead atoms. The summed E-state index contributed by atoms with van der Waals surface area (Å²) in [6.07, 6.45) is 1.64. The van der Waals surface area contributed by atoms with Gasteiger partial charge in [0.05, 0.1) is 17.2 Å². The Morgan fingerprint density at radius 1 is 1.18 bits per heavy atom. The minimum atomic E-state index is -0.346. The Bertz CT molecular complexity index is 1290. The molecule has 1 amide bonds. The van der Waals surface area contributed by atoms with E-state index in [2.05, 4.69) is 34.4 Å². The van der Waals surface area contributed by atoms with Crippen LogP contribution in [0.3, 0.4) is 0 Å². The first kappa shape index (κ1) is 22.7. The second-order valence-electron chi connectivity index (χ2n) is 7.68. The molecule has 0 aliphatic carbocycles. The summed E-state index contributed by atoms with van der Waals surface area (Å²) < 4.78 is 11.4. The highest BCUT2D eigenvalue weighted by Gasteiger charge is 2.14. The number of nitrogens with one attached hydrogen (secondary N) is 2. The molecule has 168 valence electrons. The largest absolute Gasteiger partial charge is 0.493 e. The SMILES string of the molecule is CC(C)COc1cccc(C(=O)NC(=S)Nc2ccc(Cl)c(-c3nc4ncccc4o3)c2)c1. The van der Waals surface area contributed by atoms with Crippen molar-refractivity contribution in [2.75, 3.05) is 11.9 Å². The maximum Gasteiger partial charge on any atom is 0.257 e. The summed E-state index contributed by atoms with van der Waals surface area (Å²) in [4.78, 5) is 21.2. The number of benzene rings is 2. The predicted octanol–water partition coefficient (Wildman–Crippen LogP) is 5.70. The molecule has 7 nitrogen and oxygen atoms in total. The van der Waals surface area contributed by atoms with Gasteiger partial charge in [-0.1, -0.05) is 31.5 Å². The van der Waals surface area contributed by atoms with Crippen LogP contribution in [0.25, 0.3) is 22.7 Å². The number of amides is 1. The van der Waals surface area contributed by atoms with Gasteiger partial charge in [-0.25, -0.2) is 4.98 Å². The molecule has 0 fully saturated rings. The number of hydrogen-bond acceptors (Lipinski definition) is 6. The Morgan fingerprint density at radius 2 is 2.03 bits per heavy atom. The third kappa shape index (κ3) is 5.66. The average molecular weight is 481 g/mol. The van der Waals surface area contributed by atoms with Crippen LogP contribution in [0.5, 0.6) is 5.75 Å². The fraction of sp³-hybridized carbons (Fsp3) is 0.167. The highest BCUT2D eigenvalue weighted by Crippen LogP contribution is 2.31. The number of halogens is 1. The standard InChI is InChI=1S/C24H21ClN4O3S/c1-14(2)13-31-17-6-3-5-15(11-17)22(30)29-24(33)27-16-8-9-19(25)18(12-16)23-28-21-20(32-23)7-4-10-26-21/h3-12,14H,13H2,1-2H3,(H2,27,29,30,33). The molecule has 0 atom stereocenters. The molecule has 33 heavy (non-hydrogen) atoms. The number of fused-ring (bicyclic) bond motifs is 1. The van der Waals surface area contributed by atoms with Crippen molar-refractivity contribution in [2.24, 2.45) is 5.92 Å². The monoisotopic (exact) mass is 480 g/mol. The van der Waals surface area contributed by atoms with Crippen LogP contribution >= 0.6 is 23.8 Å². The van der Waals surface area contributed by atoms with E-state index in [1.807, 2.05) is 6.07 Å². The number of thiocarbonyl (C=S) groups is 1. The second-order valence-corrected chi connectivity index (χ2v) is 8.50. The van der Waals surface area contributed by atoms with E-state index in [1.165, 1.54) is 0 Å². The van der Waals surface area contributed by atoms with E-state index in [-0.39, 0.29) is 11.0 Å². The van der Waals surface area contributed by atoms with Crippen LogP contribution in [0.4, 0.5) is 5.69 Å². The molecule has 0 saturated carbocycles. The van der Waals surface area contributed by atoms with Crippen molar-refractivity contribution in [1.29, 1.82) is 0 Å². The molecule has 4 rings (SSSR count). The van der Waals surface area contributed by atoms with E-state index >= 15 is 0 Å². The number of aromatic nitrogens is 2. The van der Waals surface area contributed by atoms with E-state index in [4.69, 9.17) is 33.0 Å². The maximum absolute atomic E-state index is 12.6. The number of anilines is 1. The summed E-state index contributed by atoms with van der Waals surface area (Å²) in [6, 6.07) is 15.7. The quantitative estimate of drug-likeness (QED) is 0.342. The molecule has 2 N–H and O–H groups in total. The summed E-state index contributed by atoms with van der Waals surface area (Å²) >= 11 is 11.7. The van der Waals surface area contributed by atoms with E-state index < -0.39 is 0 Å². The van der Waals surface area contributed by atoms with Gasteiger partial charge in [0.25, 0.3) is 5.91 Å². The van der Waals surface area contributed by atoms with Crippen molar-refractivity contribution in [3.05, 3.63) is 71.4 Å². The highest BCUT2D eigenvalue weighted by atomic mass is 35.5. The summed E-state index contributed by atoms with van der Waals surface area (Å²) in [5, 5.41) is 6.27. The van der Waals surface area contributed by atoms with Gasteiger partial charge in [0.15, 0.2) is 16.3 Å². The van der Waals surface area contributed by atoms with Crippen molar-refractivity contribution < 1.29 is 13.9 Å². The van der Waals surface area contributed by atoms with E-state index in [1.54, 1.807) is 54.7 Å². The zero-order chi connectivity index (χ0) is 23.4. The molecular weight excluding hydrogens is 460 g/mol. The molecular formula is C24H21ClN4O3S. The van der Waals surface area contributed by atoms with Gasteiger partial charge in [-0.2, -0.15) is 4.98 Å². The Kier molecular flexibility index (Phi) is 6.86. The van der Waals surface area contributed by atoms with Gasteiger partial charge in [0.1, 0.15) is 5.75 Å². The second kappa shape index (κ2) is 9.97. The molecule has 0 aliphatic rings. The molecule has 0 unspecified atom stereocenters. The molecule has 2 heterocycles. The van der Waals surface area contributed by atoms with Crippen LogP contribution < -0.4 is 15.4 Å². The Balaban J connectivity index is 1.45. The molecule has 0 aliphatic heterocycles. The number of carbonyl (C=O) groups excluding carboxylic acids is 1. The van der Waals surface area contributed by atoms with Gasteiger partial charge in [0, 0.05) is 17.4 Å². The van der Waals surface area contributed by atoms with Gasteiger partial charge in [0.2, 0.25) is 5.89 Å². The molecule has 2 aromatic carbocycles. The van der Waals surface area contributed by atoms with Crippen LogP contribution in [-0.2, 0) is 0 Å². The minimum Gasteiger partial charge on any atom is -0.493 e.